The molecule has 0 unspecified atom stereocenters. The van der Waals surface area contributed by atoms with Gasteiger partial charge in [0, 0.05) is 38.6 Å². The molecule has 8 nitrogen and oxygen atoms in total. The average Bonchev–Trinajstić information content (AvgIpc) is 3.03. The van der Waals surface area contributed by atoms with E-state index in [0.29, 0.717) is 17.9 Å². The van der Waals surface area contributed by atoms with Gasteiger partial charge in [-0.15, -0.1) is 0 Å². The Hall–Kier alpha value is -2.74. The minimum Gasteiger partial charge on any atom is -0.381 e. The van der Waals surface area contributed by atoms with Gasteiger partial charge in [0.1, 0.15) is 5.82 Å². The minimum atomic E-state index is -0.171. The molecule has 2 aromatic heterocycles. The predicted octanol–water partition coefficient (Wildman–Crippen LogP) is 1.83. The van der Waals surface area contributed by atoms with Crippen molar-refractivity contribution in [1.29, 1.82) is 0 Å². The summed E-state index contributed by atoms with van der Waals surface area (Å²) in [6.45, 7) is 5.16. The highest BCUT2D eigenvalue weighted by molar-refractivity contribution is 5.95. The molecule has 8 heteroatoms. The van der Waals surface area contributed by atoms with E-state index in [4.69, 9.17) is 4.74 Å². The van der Waals surface area contributed by atoms with E-state index in [-0.39, 0.29) is 17.9 Å². The van der Waals surface area contributed by atoms with Gasteiger partial charge in [-0.05, 0) is 31.4 Å². The Balaban J connectivity index is 1.60. The number of aromatic nitrogens is 3. The zero-order valence-electron chi connectivity index (χ0n) is 15.0. The van der Waals surface area contributed by atoms with Crippen LogP contribution in [0, 0.1) is 6.92 Å². The van der Waals surface area contributed by atoms with Gasteiger partial charge in [0.25, 0.3) is 5.91 Å². The van der Waals surface area contributed by atoms with Crippen molar-refractivity contribution < 1.29 is 14.3 Å². The van der Waals surface area contributed by atoms with Crippen LogP contribution < -0.4 is 10.6 Å². The van der Waals surface area contributed by atoms with Crippen molar-refractivity contribution in [3.05, 3.63) is 41.3 Å². The van der Waals surface area contributed by atoms with Crippen LogP contribution in [0.5, 0.6) is 0 Å². The van der Waals surface area contributed by atoms with Crippen molar-refractivity contribution in [2.75, 3.05) is 18.5 Å². The maximum Gasteiger partial charge on any atom is 0.255 e. The first-order valence-electron chi connectivity index (χ1n) is 8.67. The topological polar surface area (TPSA) is 98.1 Å². The third-order valence-electron chi connectivity index (χ3n) is 4.41. The zero-order valence-corrected chi connectivity index (χ0v) is 15.0. The average molecular weight is 357 g/mol. The van der Waals surface area contributed by atoms with Crippen LogP contribution in [0.25, 0.3) is 0 Å². The molecule has 1 aliphatic heterocycles. The van der Waals surface area contributed by atoms with Crippen LogP contribution in [0.4, 0.5) is 5.82 Å². The first kappa shape index (κ1) is 18.1. The molecule has 3 rings (SSSR count). The highest BCUT2D eigenvalue weighted by atomic mass is 16.5. The monoisotopic (exact) mass is 357 g/mol. The number of nitrogens with zero attached hydrogens (tertiary/aromatic N) is 3. The molecule has 0 saturated carbocycles. The summed E-state index contributed by atoms with van der Waals surface area (Å²) in [4.78, 5) is 27.6. The van der Waals surface area contributed by atoms with Gasteiger partial charge in [-0.1, -0.05) is 6.07 Å². The van der Waals surface area contributed by atoms with E-state index in [0.717, 1.165) is 37.3 Å². The van der Waals surface area contributed by atoms with Crippen LogP contribution in [-0.2, 0) is 16.1 Å². The number of carbonyl (C=O) groups excluding carboxylic acids is 2. The van der Waals surface area contributed by atoms with Gasteiger partial charge in [0.15, 0.2) is 0 Å². The molecule has 1 fully saturated rings. The van der Waals surface area contributed by atoms with Gasteiger partial charge in [-0.2, -0.15) is 5.10 Å². The maximum atomic E-state index is 12.5. The molecule has 0 atom stereocenters. The Morgan fingerprint density at radius 1 is 1.27 bits per heavy atom. The van der Waals surface area contributed by atoms with E-state index in [1.165, 1.54) is 6.92 Å². The molecule has 2 N–H and O–H groups in total. The maximum absolute atomic E-state index is 12.5. The largest absolute Gasteiger partial charge is 0.381 e. The molecule has 0 aromatic carbocycles. The Bertz CT molecular complexity index is 779. The molecule has 0 bridgehead atoms. The molecule has 26 heavy (non-hydrogen) atoms. The Kier molecular flexibility index (Phi) is 5.62. The van der Waals surface area contributed by atoms with Crippen LogP contribution in [0.3, 0.4) is 0 Å². The summed E-state index contributed by atoms with van der Waals surface area (Å²) in [5, 5.41) is 9.90. The summed E-state index contributed by atoms with van der Waals surface area (Å²) in [5.74, 6) is 0.156. The summed E-state index contributed by atoms with van der Waals surface area (Å²) in [5.41, 5.74) is 2.30. The molecule has 3 heterocycles. The number of rotatable bonds is 5. The lowest BCUT2D eigenvalue weighted by Gasteiger charge is -2.23. The number of pyridine rings is 1. The molecule has 2 aromatic rings. The molecule has 0 spiro atoms. The lowest BCUT2D eigenvalue weighted by Crippen LogP contribution is -2.25. The first-order valence-corrected chi connectivity index (χ1v) is 8.67. The third-order valence-corrected chi connectivity index (χ3v) is 4.41. The van der Waals surface area contributed by atoms with Gasteiger partial charge in [0.2, 0.25) is 5.91 Å². The highest BCUT2D eigenvalue weighted by Gasteiger charge is 2.21. The quantitative estimate of drug-likeness (QED) is 0.851. The van der Waals surface area contributed by atoms with E-state index >= 15 is 0 Å². The third kappa shape index (κ3) is 4.26. The van der Waals surface area contributed by atoms with Crippen LogP contribution in [0.15, 0.2) is 24.5 Å². The molecule has 2 amide bonds. The molecule has 1 aliphatic rings. The fourth-order valence-electron chi connectivity index (χ4n) is 3.01. The molecule has 138 valence electrons. The molecular weight excluding hydrogens is 334 g/mol. The van der Waals surface area contributed by atoms with E-state index in [1.807, 2.05) is 17.7 Å². The number of carbonyl (C=O) groups is 2. The van der Waals surface area contributed by atoms with Crippen LogP contribution in [0.1, 0.15) is 47.4 Å². The fraction of sp³-hybridized carbons (Fsp3) is 0.444. The van der Waals surface area contributed by atoms with Gasteiger partial charge in [-0.25, -0.2) is 4.98 Å². The van der Waals surface area contributed by atoms with E-state index < -0.39 is 0 Å². The summed E-state index contributed by atoms with van der Waals surface area (Å²) >= 11 is 0. The number of nitrogens with one attached hydrogen (secondary N) is 2. The van der Waals surface area contributed by atoms with Crippen molar-refractivity contribution in [2.45, 2.75) is 39.3 Å². The van der Waals surface area contributed by atoms with Crippen molar-refractivity contribution in [1.82, 2.24) is 20.1 Å². The van der Waals surface area contributed by atoms with Crippen molar-refractivity contribution >= 4 is 17.6 Å². The van der Waals surface area contributed by atoms with Crippen molar-refractivity contribution in [3.63, 3.8) is 0 Å². The van der Waals surface area contributed by atoms with Gasteiger partial charge < -0.3 is 15.4 Å². The highest BCUT2D eigenvalue weighted by Crippen LogP contribution is 2.23. The standard InChI is InChI=1S/C18H23N5O3/c1-12-16(11-21-23(12)15-5-7-26-8-6-15)18(25)20-10-14-3-4-17(19-9-14)22-13(2)24/h3-4,9,11,15H,5-8,10H2,1-2H3,(H,20,25)(H,19,22,24). The van der Waals surface area contributed by atoms with Crippen molar-refractivity contribution in [3.8, 4) is 0 Å². The Labute approximate surface area is 151 Å². The van der Waals surface area contributed by atoms with Gasteiger partial charge in [0.05, 0.1) is 17.8 Å². The van der Waals surface area contributed by atoms with Crippen molar-refractivity contribution in [2.24, 2.45) is 0 Å². The number of hydrogen-bond donors (Lipinski definition) is 2. The van der Waals surface area contributed by atoms with E-state index in [9.17, 15) is 9.59 Å². The number of hydrogen-bond acceptors (Lipinski definition) is 5. The summed E-state index contributed by atoms with van der Waals surface area (Å²) in [6.07, 6.45) is 5.08. The first-order chi connectivity index (χ1) is 12.5. The Morgan fingerprint density at radius 3 is 2.69 bits per heavy atom. The Morgan fingerprint density at radius 2 is 2.04 bits per heavy atom. The molecular formula is C18H23N5O3. The smallest absolute Gasteiger partial charge is 0.255 e. The van der Waals surface area contributed by atoms with E-state index in [1.54, 1.807) is 18.5 Å². The number of anilines is 1. The van der Waals surface area contributed by atoms with Crippen LogP contribution in [-0.4, -0.2) is 39.8 Å². The van der Waals surface area contributed by atoms with Crippen LogP contribution >= 0.6 is 0 Å². The molecule has 1 saturated heterocycles. The van der Waals surface area contributed by atoms with E-state index in [2.05, 4.69) is 20.7 Å². The number of ether oxygens (including phenoxy) is 1. The summed E-state index contributed by atoms with van der Waals surface area (Å²) < 4.78 is 7.31. The SMILES string of the molecule is CC(=O)Nc1ccc(CNC(=O)c2cnn(C3CCOCC3)c2C)cn1. The van der Waals surface area contributed by atoms with Gasteiger partial charge in [-0.3, -0.25) is 14.3 Å². The summed E-state index contributed by atoms with van der Waals surface area (Å²) in [7, 11) is 0. The second-order valence-electron chi connectivity index (χ2n) is 6.35. The summed E-state index contributed by atoms with van der Waals surface area (Å²) in [6, 6.07) is 3.81. The second-order valence-corrected chi connectivity index (χ2v) is 6.35. The number of amides is 2. The fourth-order valence-corrected chi connectivity index (χ4v) is 3.01. The van der Waals surface area contributed by atoms with Gasteiger partial charge >= 0.3 is 0 Å². The van der Waals surface area contributed by atoms with Crippen LogP contribution in [0.2, 0.25) is 0 Å². The predicted molar refractivity (Wildman–Crippen MR) is 95.8 cm³/mol. The minimum absolute atomic E-state index is 0.160. The lowest BCUT2D eigenvalue weighted by molar-refractivity contribution is -0.114. The normalized spacial score (nSPS) is 14.8. The lowest BCUT2D eigenvalue weighted by atomic mass is 10.1. The zero-order chi connectivity index (χ0) is 18.5. The molecule has 0 aliphatic carbocycles. The second kappa shape index (κ2) is 8.09. The molecule has 0 radical (unpaired) electrons.